The Kier molecular flexibility index (Phi) is 4.76. The molecule has 28 heavy (non-hydrogen) atoms. The molecular formula is C20H18BrN3O3S. The first kappa shape index (κ1) is 18.8. The van der Waals surface area contributed by atoms with Crippen LogP contribution in [0.5, 0.6) is 0 Å². The highest BCUT2D eigenvalue weighted by Gasteiger charge is 2.32. The Morgan fingerprint density at radius 2 is 1.82 bits per heavy atom. The SMILES string of the molecule is Cn1cc(S(=O)(=O)N2CCc3ccccc32)cc1C(=O)Nc1ccccc1Br. The van der Waals surface area contributed by atoms with Crippen LogP contribution in [-0.2, 0) is 23.5 Å². The summed E-state index contributed by atoms with van der Waals surface area (Å²) in [6.45, 7) is 0.398. The van der Waals surface area contributed by atoms with E-state index in [0.29, 0.717) is 24.3 Å². The summed E-state index contributed by atoms with van der Waals surface area (Å²) in [6.07, 6.45) is 2.16. The Bertz CT molecular complexity index is 1170. The molecule has 1 aromatic heterocycles. The van der Waals surface area contributed by atoms with Crippen LogP contribution >= 0.6 is 15.9 Å². The zero-order chi connectivity index (χ0) is 19.9. The molecule has 6 nitrogen and oxygen atoms in total. The van der Waals surface area contributed by atoms with Crippen molar-refractivity contribution in [3.8, 4) is 0 Å². The Balaban J connectivity index is 1.64. The van der Waals surface area contributed by atoms with Crippen LogP contribution in [0.3, 0.4) is 0 Å². The highest BCUT2D eigenvalue weighted by Crippen LogP contribution is 2.33. The maximum absolute atomic E-state index is 13.2. The van der Waals surface area contributed by atoms with E-state index in [4.69, 9.17) is 0 Å². The molecule has 0 spiro atoms. The number of benzene rings is 2. The van der Waals surface area contributed by atoms with E-state index in [1.54, 1.807) is 13.1 Å². The minimum absolute atomic E-state index is 0.101. The number of anilines is 2. The minimum Gasteiger partial charge on any atom is -0.345 e. The first-order chi connectivity index (χ1) is 13.4. The van der Waals surface area contributed by atoms with Crippen molar-refractivity contribution in [2.75, 3.05) is 16.2 Å². The summed E-state index contributed by atoms with van der Waals surface area (Å²) in [5.74, 6) is -0.377. The molecule has 2 aromatic carbocycles. The molecule has 1 aliphatic heterocycles. The third-order valence-corrected chi connectivity index (χ3v) is 7.24. The standard InChI is InChI=1S/C20H18BrN3O3S/c1-23-13-15(12-19(23)20(25)22-17-8-4-3-7-16(17)21)28(26,27)24-11-10-14-6-2-5-9-18(14)24/h2-9,12-13H,10-11H2,1H3,(H,22,25). The summed E-state index contributed by atoms with van der Waals surface area (Å²) < 4.78 is 30.0. The fourth-order valence-electron chi connectivity index (χ4n) is 3.33. The number of para-hydroxylation sites is 2. The van der Waals surface area contributed by atoms with Crippen molar-refractivity contribution in [3.05, 3.63) is 76.5 Å². The van der Waals surface area contributed by atoms with E-state index in [0.717, 1.165) is 10.0 Å². The number of halogens is 1. The third kappa shape index (κ3) is 3.22. The topological polar surface area (TPSA) is 71.4 Å². The van der Waals surface area contributed by atoms with Gasteiger partial charge in [-0.2, -0.15) is 0 Å². The summed E-state index contributed by atoms with van der Waals surface area (Å²) in [7, 11) is -2.09. The second kappa shape index (κ2) is 7.10. The number of rotatable bonds is 4. The van der Waals surface area contributed by atoms with Crippen LogP contribution in [0.4, 0.5) is 11.4 Å². The molecular weight excluding hydrogens is 442 g/mol. The molecule has 0 saturated heterocycles. The number of carbonyl (C=O) groups excluding carboxylic acids is 1. The van der Waals surface area contributed by atoms with Gasteiger partial charge in [-0.05, 0) is 52.2 Å². The fourth-order valence-corrected chi connectivity index (χ4v) is 5.29. The van der Waals surface area contributed by atoms with Gasteiger partial charge in [0.15, 0.2) is 0 Å². The number of aromatic nitrogens is 1. The molecule has 0 saturated carbocycles. The van der Waals surface area contributed by atoms with Crippen LogP contribution in [0.25, 0.3) is 0 Å². The van der Waals surface area contributed by atoms with Gasteiger partial charge in [0.1, 0.15) is 10.6 Å². The largest absolute Gasteiger partial charge is 0.345 e. The van der Waals surface area contributed by atoms with Crippen molar-refractivity contribution in [2.24, 2.45) is 7.05 Å². The molecule has 1 N–H and O–H groups in total. The maximum Gasteiger partial charge on any atom is 0.272 e. The highest BCUT2D eigenvalue weighted by molar-refractivity contribution is 9.10. The number of fused-ring (bicyclic) bond motifs is 1. The number of hydrogen-bond acceptors (Lipinski definition) is 3. The van der Waals surface area contributed by atoms with E-state index in [9.17, 15) is 13.2 Å². The van der Waals surface area contributed by atoms with Crippen LogP contribution in [-0.4, -0.2) is 25.4 Å². The zero-order valence-electron chi connectivity index (χ0n) is 15.1. The summed E-state index contributed by atoms with van der Waals surface area (Å²) in [6, 6.07) is 16.1. The third-order valence-electron chi connectivity index (χ3n) is 4.77. The summed E-state index contributed by atoms with van der Waals surface area (Å²) >= 11 is 3.39. The average molecular weight is 460 g/mol. The summed E-state index contributed by atoms with van der Waals surface area (Å²) in [5.41, 5.74) is 2.59. The molecule has 2 heterocycles. The first-order valence-electron chi connectivity index (χ1n) is 8.71. The number of nitrogens with zero attached hydrogens (tertiary/aromatic N) is 2. The monoisotopic (exact) mass is 459 g/mol. The van der Waals surface area contributed by atoms with E-state index in [2.05, 4.69) is 21.2 Å². The smallest absolute Gasteiger partial charge is 0.272 e. The molecule has 1 amide bonds. The van der Waals surface area contributed by atoms with E-state index < -0.39 is 10.0 Å². The summed E-state index contributed by atoms with van der Waals surface area (Å²) in [5, 5.41) is 2.80. The molecule has 1 aliphatic rings. The minimum atomic E-state index is -3.75. The van der Waals surface area contributed by atoms with Gasteiger partial charge in [-0.1, -0.05) is 30.3 Å². The van der Waals surface area contributed by atoms with Gasteiger partial charge in [0.2, 0.25) is 0 Å². The average Bonchev–Trinajstić information content (AvgIpc) is 3.28. The molecule has 4 rings (SSSR count). The molecule has 0 fully saturated rings. The lowest BCUT2D eigenvalue weighted by Gasteiger charge is -2.18. The molecule has 0 atom stereocenters. The number of sulfonamides is 1. The number of amides is 1. The molecule has 0 bridgehead atoms. The van der Waals surface area contributed by atoms with Crippen LogP contribution in [0.1, 0.15) is 16.1 Å². The molecule has 0 aliphatic carbocycles. The number of aryl methyl sites for hydroxylation is 1. The van der Waals surface area contributed by atoms with Crippen LogP contribution in [0.2, 0.25) is 0 Å². The fraction of sp³-hybridized carbons (Fsp3) is 0.150. The van der Waals surface area contributed by atoms with Crippen molar-refractivity contribution in [2.45, 2.75) is 11.3 Å². The summed E-state index contributed by atoms with van der Waals surface area (Å²) in [4.78, 5) is 12.8. The van der Waals surface area contributed by atoms with Crippen LogP contribution in [0.15, 0.2) is 70.2 Å². The zero-order valence-corrected chi connectivity index (χ0v) is 17.5. The van der Waals surface area contributed by atoms with Crippen molar-refractivity contribution >= 4 is 43.2 Å². The lowest BCUT2D eigenvalue weighted by Crippen LogP contribution is -2.28. The Labute approximate surface area is 172 Å². The molecule has 0 unspecified atom stereocenters. The van der Waals surface area contributed by atoms with Crippen molar-refractivity contribution in [1.82, 2.24) is 4.57 Å². The number of hydrogen-bond donors (Lipinski definition) is 1. The molecule has 0 radical (unpaired) electrons. The second-order valence-electron chi connectivity index (χ2n) is 6.56. The predicted molar refractivity (Wildman–Crippen MR) is 112 cm³/mol. The van der Waals surface area contributed by atoms with E-state index >= 15 is 0 Å². The van der Waals surface area contributed by atoms with Crippen molar-refractivity contribution in [1.29, 1.82) is 0 Å². The Morgan fingerprint density at radius 3 is 2.61 bits per heavy atom. The molecule has 144 valence electrons. The van der Waals surface area contributed by atoms with Gasteiger partial charge in [-0.3, -0.25) is 9.10 Å². The van der Waals surface area contributed by atoms with E-state index in [1.165, 1.54) is 21.1 Å². The highest BCUT2D eigenvalue weighted by atomic mass is 79.9. The second-order valence-corrected chi connectivity index (χ2v) is 9.28. The van der Waals surface area contributed by atoms with E-state index in [-0.39, 0.29) is 16.5 Å². The van der Waals surface area contributed by atoms with Gasteiger partial charge in [-0.15, -0.1) is 0 Å². The Morgan fingerprint density at radius 1 is 1.11 bits per heavy atom. The number of nitrogens with one attached hydrogen (secondary N) is 1. The van der Waals surface area contributed by atoms with Crippen LogP contribution < -0.4 is 9.62 Å². The predicted octanol–water partition coefficient (Wildman–Crippen LogP) is 3.79. The van der Waals surface area contributed by atoms with Gasteiger partial charge in [0.25, 0.3) is 15.9 Å². The van der Waals surface area contributed by atoms with Gasteiger partial charge < -0.3 is 9.88 Å². The quantitative estimate of drug-likeness (QED) is 0.644. The first-order valence-corrected chi connectivity index (χ1v) is 10.9. The van der Waals surface area contributed by atoms with E-state index in [1.807, 2.05) is 42.5 Å². The van der Waals surface area contributed by atoms with Crippen LogP contribution in [0, 0.1) is 0 Å². The van der Waals surface area contributed by atoms with Gasteiger partial charge in [0, 0.05) is 24.3 Å². The van der Waals surface area contributed by atoms with Gasteiger partial charge >= 0.3 is 0 Å². The maximum atomic E-state index is 13.2. The molecule has 8 heteroatoms. The normalized spacial score (nSPS) is 13.4. The lowest BCUT2D eigenvalue weighted by molar-refractivity contribution is 0.101. The molecule has 3 aromatic rings. The van der Waals surface area contributed by atoms with Crippen molar-refractivity contribution < 1.29 is 13.2 Å². The lowest BCUT2D eigenvalue weighted by atomic mass is 10.2. The van der Waals surface area contributed by atoms with Gasteiger partial charge in [0.05, 0.1) is 11.4 Å². The van der Waals surface area contributed by atoms with Gasteiger partial charge in [-0.25, -0.2) is 8.42 Å². The van der Waals surface area contributed by atoms with Crippen molar-refractivity contribution in [3.63, 3.8) is 0 Å². The number of carbonyl (C=O) groups is 1. The Hall–Kier alpha value is -2.58.